The lowest BCUT2D eigenvalue weighted by atomic mass is 10.1. The van der Waals surface area contributed by atoms with Crippen molar-refractivity contribution in [2.24, 2.45) is 0 Å². The first-order valence-electron chi connectivity index (χ1n) is 7.49. The molecular weight excluding hydrogens is 312 g/mol. The molecule has 0 aliphatic carbocycles. The molecule has 3 aromatic heterocycles. The molecule has 0 N–H and O–H groups in total. The molecule has 1 aliphatic rings. The maximum Gasteiger partial charge on any atom is 0.195 e. The summed E-state index contributed by atoms with van der Waals surface area (Å²) >= 11 is 5.84. The second kappa shape index (κ2) is 6.10. The highest BCUT2D eigenvalue weighted by Crippen LogP contribution is 2.22. The minimum atomic E-state index is 0.522. The Morgan fingerprint density at radius 1 is 1.17 bits per heavy atom. The largest absolute Gasteiger partial charge is 0.461 e. The first-order chi connectivity index (χ1) is 11.3. The van der Waals surface area contributed by atoms with Crippen LogP contribution in [-0.2, 0) is 19.5 Å². The summed E-state index contributed by atoms with van der Waals surface area (Å²) in [6.07, 6.45) is 6.33. The SMILES string of the molecule is Clc1ccc(CN2CCc3cnc(-c4ccco4)nc3C2)cn1. The predicted molar refractivity (Wildman–Crippen MR) is 86.8 cm³/mol. The van der Waals surface area contributed by atoms with Crippen LogP contribution in [0.15, 0.2) is 47.3 Å². The Bertz CT molecular complexity index is 802. The summed E-state index contributed by atoms with van der Waals surface area (Å²) in [5, 5.41) is 0.522. The molecule has 4 heterocycles. The van der Waals surface area contributed by atoms with E-state index in [-0.39, 0.29) is 0 Å². The Balaban J connectivity index is 1.53. The molecule has 0 aromatic carbocycles. The van der Waals surface area contributed by atoms with Gasteiger partial charge in [0.25, 0.3) is 0 Å². The first kappa shape index (κ1) is 14.4. The minimum absolute atomic E-state index is 0.522. The van der Waals surface area contributed by atoms with Crippen LogP contribution in [0.4, 0.5) is 0 Å². The fourth-order valence-corrected chi connectivity index (χ4v) is 2.89. The number of fused-ring (bicyclic) bond motifs is 1. The Kier molecular flexibility index (Phi) is 3.81. The fraction of sp³-hybridized carbons (Fsp3) is 0.235. The van der Waals surface area contributed by atoms with Gasteiger partial charge in [0.15, 0.2) is 11.6 Å². The molecule has 5 nitrogen and oxygen atoms in total. The Hall–Kier alpha value is -2.24. The molecule has 6 heteroatoms. The molecular formula is C17H15ClN4O. The number of hydrogen-bond acceptors (Lipinski definition) is 5. The van der Waals surface area contributed by atoms with Gasteiger partial charge in [-0.15, -0.1) is 0 Å². The summed E-state index contributed by atoms with van der Waals surface area (Å²) in [7, 11) is 0. The zero-order chi connectivity index (χ0) is 15.6. The van der Waals surface area contributed by atoms with E-state index in [0.717, 1.165) is 37.3 Å². The van der Waals surface area contributed by atoms with Gasteiger partial charge < -0.3 is 4.42 Å². The number of rotatable bonds is 3. The van der Waals surface area contributed by atoms with Crippen molar-refractivity contribution < 1.29 is 4.42 Å². The van der Waals surface area contributed by atoms with E-state index in [1.807, 2.05) is 36.7 Å². The number of hydrogen-bond donors (Lipinski definition) is 0. The van der Waals surface area contributed by atoms with E-state index in [2.05, 4.69) is 19.9 Å². The van der Waals surface area contributed by atoms with Gasteiger partial charge in [-0.3, -0.25) is 4.90 Å². The molecule has 0 fully saturated rings. The average Bonchev–Trinajstić information content (AvgIpc) is 3.11. The van der Waals surface area contributed by atoms with Gasteiger partial charge in [0.1, 0.15) is 5.15 Å². The number of furan rings is 1. The quantitative estimate of drug-likeness (QED) is 0.691. The maximum atomic E-state index is 5.84. The van der Waals surface area contributed by atoms with Crippen LogP contribution in [0.5, 0.6) is 0 Å². The number of nitrogens with zero attached hydrogens (tertiary/aromatic N) is 4. The molecule has 1 aliphatic heterocycles. The average molecular weight is 327 g/mol. The van der Waals surface area contributed by atoms with Crippen LogP contribution in [0.25, 0.3) is 11.6 Å². The number of pyridine rings is 1. The van der Waals surface area contributed by atoms with Crippen LogP contribution in [0.2, 0.25) is 5.15 Å². The van der Waals surface area contributed by atoms with Crippen LogP contribution in [-0.4, -0.2) is 26.4 Å². The second-order valence-electron chi connectivity index (χ2n) is 5.59. The lowest BCUT2D eigenvalue weighted by Crippen LogP contribution is -2.31. The van der Waals surface area contributed by atoms with Crippen LogP contribution >= 0.6 is 11.6 Å². The third-order valence-corrected chi connectivity index (χ3v) is 4.18. The molecule has 116 valence electrons. The van der Waals surface area contributed by atoms with Crippen molar-refractivity contribution in [1.29, 1.82) is 0 Å². The maximum absolute atomic E-state index is 5.84. The van der Waals surface area contributed by atoms with Gasteiger partial charge >= 0.3 is 0 Å². The third kappa shape index (κ3) is 3.11. The van der Waals surface area contributed by atoms with Crippen molar-refractivity contribution in [2.45, 2.75) is 19.5 Å². The summed E-state index contributed by atoms with van der Waals surface area (Å²) in [6, 6.07) is 7.56. The molecule has 3 aromatic rings. The molecule has 0 radical (unpaired) electrons. The van der Waals surface area contributed by atoms with Crippen LogP contribution in [0.1, 0.15) is 16.8 Å². The first-order valence-corrected chi connectivity index (χ1v) is 7.87. The Morgan fingerprint density at radius 3 is 2.91 bits per heavy atom. The van der Waals surface area contributed by atoms with E-state index in [4.69, 9.17) is 16.0 Å². The fourth-order valence-electron chi connectivity index (χ4n) is 2.77. The smallest absolute Gasteiger partial charge is 0.195 e. The van der Waals surface area contributed by atoms with Crippen molar-refractivity contribution in [3.8, 4) is 11.6 Å². The molecule has 0 atom stereocenters. The topological polar surface area (TPSA) is 55.1 Å². The van der Waals surface area contributed by atoms with Crippen LogP contribution < -0.4 is 0 Å². The standard InChI is InChI=1S/C17H15ClN4O/c18-16-4-3-12(8-19-16)10-22-6-5-13-9-20-17(21-14(13)11-22)15-2-1-7-23-15/h1-4,7-9H,5-6,10-11H2. The van der Waals surface area contributed by atoms with E-state index in [1.165, 1.54) is 5.56 Å². The monoisotopic (exact) mass is 326 g/mol. The normalized spacial score (nSPS) is 14.7. The molecule has 0 amide bonds. The summed E-state index contributed by atoms with van der Waals surface area (Å²) in [4.78, 5) is 15.6. The number of halogens is 1. The third-order valence-electron chi connectivity index (χ3n) is 3.96. The van der Waals surface area contributed by atoms with E-state index in [1.54, 1.807) is 6.26 Å². The highest BCUT2D eigenvalue weighted by molar-refractivity contribution is 6.29. The Morgan fingerprint density at radius 2 is 2.13 bits per heavy atom. The van der Waals surface area contributed by atoms with Gasteiger partial charge in [-0.1, -0.05) is 17.7 Å². The van der Waals surface area contributed by atoms with Gasteiger partial charge in [0.2, 0.25) is 0 Å². The van der Waals surface area contributed by atoms with E-state index in [9.17, 15) is 0 Å². The summed E-state index contributed by atoms with van der Waals surface area (Å²) in [6.45, 7) is 2.62. The van der Waals surface area contributed by atoms with Crippen molar-refractivity contribution in [1.82, 2.24) is 19.9 Å². The van der Waals surface area contributed by atoms with Crippen molar-refractivity contribution in [3.63, 3.8) is 0 Å². The lowest BCUT2D eigenvalue weighted by molar-refractivity contribution is 0.241. The number of aromatic nitrogens is 3. The summed E-state index contributed by atoms with van der Waals surface area (Å²) < 4.78 is 5.38. The molecule has 0 unspecified atom stereocenters. The second-order valence-corrected chi connectivity index (χ2v) is 5.98. The van der Waals surface area contributed by atoms with Crippen LogP contribution in [0.3, 0.4) is 0 Å². The lowest BCUT2D eigenvalue weighted by Gasteiger charge is -2.27. The van der Waals surface area contributed by atoms with E-state index < -0.39 is 0 Å². The van der Waals surface area contributed by atoms with Gasteiger partial charge in [-0.05, 0) is 35.7 Å². The van der Waals surface area contributed by atoms with Gasteiger partial charge in [0, 0.05) is 32.0 Å². The van der Waals surface area contributed by atoms with Crippen molar-refractivity contribution >= 4 is 11.6 Å². The highest BCUT2D eigenvalue weighted by Gasteiger charge is 2.19. The van der Waals surface area contributed by atoms with E-state index in [0.29, 0.717) is 16.7 Å². The molecule has 0 saturated carbocycles. The summed E-state index contributed by atoms with van der Waals surface area (Å²) in [5.41, 5.74) is 3.43. The minimum Gasteiger partial charge on any atom is -0.461 e. The van der Waals surface area contributed by atoms with Gasteiger partial charge in [-0.2, -0.15) is 0 Å². The Labute approximate surface area is 139 Å². The zero-order valence-electron chi connectivity index (χ0n) is 12.4. The van der Waals surface area contributed by atoms with Crippen molar-refractivity contribution in [2.75, 3.05) is 6.54 Å². The van der Waals surface area contributed by atoms with Gasteiger partial charge in [0.05, 0.1) is 12.0 Å². The zero-order valence-corrected chi connectivity index (χ0v) is 13.2. The predicted octanol–water partition coefficient (Wildman–Crippen LogP) is 3.34. The molecule has 0 bridgehead atoms. The van der Waals surface area contributed by atoms with E-state index >= 15 is 0 Å². The molecule has 0 spiro atoms. The highest BCUT2D eigenvalue weighted by atomic mass is 35.5. The summed E-state index contributed by atoms with van der Waals surface area (Å²) in [5.74, 6) is 1.34. The molecule has 4 rings (SSSR count). The van der Waals surface area contributed by atoms with Crippen LogP contribution in [0, 0.1) is 0 Å². The molecule has 0 saturated heterocycles. The van der Waals surface area contributed by atoms with Crippen molar-refractivity contribution in [3.05, 3.63) is 64.9 Å². The van der Waals surface area contributed by atoms with Gasteiger partial charge in [-0.25, -0.2) is 15.0 Å². The molecule has 23 heavy (non-hydrogen) atoms.